The second-order valence-corrected chi connectivity index (χ2v) is 6.64. The molecule has 0 aromatic heterocycles. The van der Waals surface area contributed by atoms with Gasteiger partial charge in [0.25, 0.3) is 0 Å². The number of halogens is 2. The first-order valence-electron chi connectivity index (χ1n) is 8.57. The lowest BCUT2D eigenvalue weighted by Gasteiger charge is -2.33. The van der Waals surface area contributed by atoms with Crippen molar-refractivity contribution in [2.24, 2.45) is 5.92 Å². The Bertz CT molecular complexity index is 655. The number of hydrogen-bond donors (Lipinski definition) is 1. The van der Waals surface area contributed by atoms with Gasteiger partial charge in [-0.2, -0.15) is 0 Å². The Hall–Kier alpha value is -1.98. The minimum atomic E-state index is -0.973. The van der Waals surface area contributed by atoms with Gasteiger partial charge in [0.05, 0.1) is 11.6 Å². The predicted octanol–water partition coefficient (Wildman–Crippen LogP) is 3.11. The normalized spacial score (nSPS) is 22.6. The molecule has 1 N–H and O–H groups in total. The zero-order chi connectivity index (χ0) is 17.3. The van der Waals surface area contributed by atoms with Crippen molar-refractivity contribution in [3.05, 3.63) is 29.3 Å². The van der Waals surface area contributed by atoms with Gasteiger partial charge in [-0.05, 0) is 31.2 Å². The van der Waals surface area contributed by atoms with E-state index in [1.54, 1.807) is 6.07 Å². The fourth-order valence-electron chi connectivity index (χ4n) is 3.64. The summed E-state index contributed by atoms with van der Waals surface area (Å²) in [6.07, 6.45) is 3.42. The van der Waals surface area contributed by atoms with Crippen LogP contribution in [-0.4, -0.2) is 24.9 Å². The van der Waals surface area contributed by atoms with E-state index in [0.717, 1.165) is 19.3 Å². The van der Waals surface area contributed by atoms with Crippen molar-refractivity contribution in [2.75, 3.05) is 18.0 Å². The Morgan fingerprint density at radius 1 is 1.12 bits per heavy atom. The van der Waals surface area contributed by atoms with Gasteiger partial charge in [-0.3, -0.25) is 14.9 Å². The molecule has 1 aromatic rings. The molecule has 0 saturated carbocycles. The van der Waals surface area contributed by atoms with Gasteiger partial charge in [0.1, 0.15) is 0 Å². The largest absolute Gasteiger partial charge is 0.369 e. The van der Waals surface area contributed by atoms with E-state index in [-0.39, 0.29) is 30.0 Å². The highest BCUT2D eigenvalue weighted by Gasteiger charge is 2.32. The van der Waals surface area contributed by atoms with Crippen LogP contribution in [0, 0.1) is 17.6 Å². The molecule has 2 fully saturated rings. The van der Waals surface area contributed by atoms with Gasteiger partial charge in [-0.1, -0.05) is 19.4 Å². The van der Waals surface area contributed by atoms with E-state index >= 15 is 0 Å². The summed E-state index contributed by atoms with van der Waals surface area (Å²) in [5.41, 5.74) is 0.294. The molecular weight excluding hydrogens is 314 g/mol. The maximum Gasteiger partial charge on any atom is 0.234 e. The van der Waals surface area contributed by atoms with E-state index in [0.29, 0.717) is 19.0 Å². The van der Waals surface area contributed by atoms with Gasteiger partial charge >= 0.3 is 0 Å². The van der Waals surface area contributed by atoms with Crippen LogP contribution in [0.25, 0.3) is 0 Å². The number of piperidine rings is 2. The lowest BCUT2D eigenvalue weighted by molar-refractivity contribution is -0.134. The Balaban J connectivity index is 1.82. The first kappa shape index (κ1) is 16.9. The van der Waals surface area contributed by atoms with Crippen LogP contribution in [0.2, 0.25) is 0 Å². The van der Waals surface area contributed by atoms with Gasteiger partial charge < -0.3 is 4.90 Å². The number of rotatable bonds is 3. The molecule has 0 aliphatic carbocycles. The van der Waals surface area contributed by atoms with Crippen LogP contribution < -0.4 is 10.2 Å². The van der Waals surface area contributed by atoms with Crippen molar-refractivity contribution in [3.8, 4) is 0 Å². The van der Waals surface area contributed by atoms with Gasteiger partial charge in [0.2, 0.25) is 11.8 Å². The molecule has 1 atom stereocenters. The molecule has 1 unspecified atom stereocenters. The molecule has 0 bridgehead atoms. The number of carbonyl (C=O) groups is 2. The molecule has 0 spiro atoms. The van der Waals surface area contributed by atoms with E-state index in [1.807, 2.05) is 4.90 Å². The van der Waals surface area contributed by atoms with Crippen molar-refractivity contribution in [1.29, 1.82) is 0 Å². The molecular formula is C18H22F2N2O2. The highest BCUT2D eigenvalue weighted by molar-refractivity contribution is 6.01. The first-order chi connectivity index (χ1) is 11.5. The quantitative estimate of drug-likeness (QED) is 0.863. The van der Waals surface area contributed by atoms with Gasteiger partial charge in [-0.25, -0.2) is 8.78 Å². The molecule has 0 radical (unpaired) electrons. The smallest absolute Gasteiger partial charge is 0.234 e. The third-order valence-electron chi connectivity index (χ3n) is 5.24. The van der Waals surface area contributed by atoms with Crippen molar-refractivity contribution in [2.45, 2.75) is 44.9 Å². The molecule has 24 heavy (non-hydrogen) atoms. The molecule has 2 amide bonds. The van der Waals surface area contributed by atoms with Crippen LogP contribution in [-0.2, 0) is 9.59 Å². The number of anilines is 1. The maximum atomic E-state index is 14.6. The summed E-state index contributed by atoms with van der Waals surface area (Å²) in [5.74, 6) is -2.95. The second kappa shape index (κ2) is 6.87. The summed E-state index contributed by atoms with van der Waals surface area (Å²) in [6.45, 7) is 3.58. The van der Waals surface area contributed by atoms with Crippen LogP contribution in [0.4, 0.5) is 14.5 Å². The molecule has 2 aliphatic rings. The summed E-state index contributed by atoms with van der Waals surface area (Å²) in [5, 5.41) is 2.19. The monoisotopic (exact) mass is 336 g/mol. The van der Waals surface area contributed by atoms with Crippen LogP contribution in [0.5, 0.6) is 0 Å². The van der Waals surface area contributed by atoms with Crippen LogP contribution in [0.1, 0.15) is 50.5 Å². The number of amides is 2. The maximum absolute atomic E-state index is 14.6. The minimum Gasteiger partial charge on any atom is -0.369 e. The average molecular weight is 336 g/mol. The van der Waals surface area contributed by atoms with Crippen molar-refractivity contribution in [1.82, 2.24) is 5.32 Å². The standard InChI is InChI=1S/C18H22F2N2O2/c1-2-11-7-9-22(10-8-11)14-5-3-12(16(19)17(14)20)13-4-6-15(23)21-18(13)24/h3,5,11,13H,2,4,6-10H2,1H3,(H,21,23,24). The molecule has 2 saturated heterocycles. The summed E-state index contributed by atoms with van der Waals surface area (Å²) in [4.78, 5) is 25.0. The highest BCUT2D eigenvalue weighted by atomic mass is 19.2. The molecule has 2 aliphatic heterocycles. The Morgan fingerprint density at radius 3 is 2.46 bits per heavy atom. The number of nitrogens with one attached hydrogen (secondary N) is 1. The van der Waals surface area contributed by atoms with E-state index < -0.39 is 23.5 Å². The fraction of sp³-hybridized carbons (Fsp3) is 0.556. The van der Waals surface area contributed by atoms with Gasteiger partial charge in [0.15, 0.2) is 11.6 Å². The Kier molecular flexibility index (Phi) is 4.83. The number of carbonyl (C=O) groups excluding carboxylic acids is 2. The topological polar surface area (TPSA) is 49.4 Å². The van der Waals surface area contributed by atoms with Crippen molar-refractivity contribution >= 4 is 17.5 Å². The Labute approximate surface area is 140 Å². The van der Waals surface area contributed by atoms with E-state index in [2.05, 4.69) is 12.2 Å². The molecule has 130 valence electrons. The number of imide groups is 1. The predicted molar refractivity (Wildman–Crippen MR) is 86.7 cm³/mol. The fourth-order valence-corrected chi connectivity index (χ4v) is 3.64. The van der Waals surface area contributed by atoms with Gasteiger partial charge in [-0.15, -0.1) is 0 Å². The molecule has 1 aromatic carbocycles. The zero-order valence-electron chi connectivity index (χ0n) is 13.8. The van der Waals surface area contributed by atoms with Crippen LogP contribution in [0.15, 0.2) is 12.1 Å². The van der Waals surface area contributed by atoms with Crippen molar-refractivity contribution in [3.63, 3.8) is 0 Å². The molecule has 6 heteroatoms. The number of hydrogen-bond acceptors (Lipinski definition) is 3. The second-order valence-electron chi connectivity index (χ2n) is 6.64. The SMILES string of the molecule is CCC1CCN(c2ccc(C3CCC(=O)NC3=O)c(F)c2F)CC1. The van der Waals surface area contributed by atoms with E-state index in [1.165, 1.54) is 6.07 Å². The van der Waals surface area contributed by atoms with Crippen molar-refractivity contribution < 1.29 is 18.4 Å². The number of nitrogens with zero attached hydrogens (tertiary/aromatic N) is 1. The third-order valence-corrected chi connectivity index (χ3v) is 5.24. The molecule has 4 nitrogen and oxygen atoms in total. The van der Waals surface area contributed by atoms with E-state index in [9.17, 15) is 18.4 Å². The first-order valence-corrected chi connectivity index (χ1v) is 8.57. The van der Waals surface area contributed by atoms with Gasteiger partial charge in [0, 0.05) is 25.1 Å². The molecule has 2 heterocycles. The van der Waals surface area contributed by atoms with Crippen LogP contribution in [0.3, 0.4) is 0 Å². The summed E-state index contributed by atoms with van der Waals surface area (Å²) in [7, 11) is 0. The minimum absolute atomic E-state index is 0.0321. The lowest BCUT2D eigenvalue weighted by atomic mass is 9.89. The zero-order valence-corrected chi connectivity index (χ0v) is 13.8. The summed E-state index contributed by atoms with van der Waals surface area (Å²) >= 11 is 0. The average Bonchev–Trinajstić information content (AvgIpc) is 2.58. The number of benzene rings is 1. The lowest BCUT2D eigenvalue weighted by Crippen LogP contribution is -2.40. The molecule has 3 rings (SSSR count). The van der Waals surface area contributed by atoms with Crippen LogP contribution >= 0.6 is 0 Å². The Morgan fingerprint density at radius 2 is 1.83 bits per heavy atom. The van der Waals surface area contributed by atoms with E-state index in [4.69, 9.17) is 0 Å². The summed E-state index contributed by atoms with van der Waals surface area (Å²) in [6, 6.07) is 3.05. The summed E-state index contributed by atoms with van der Waals surface area (Å²) < 4.78 is 29.1. The highest BCUT2D eigenvalue weighted by Crippen LogP contribution is 2.33. The third kappa shape index (κ3) is 3.14.